The Bertz CT molecular complexity index is 4560. The van der Waals surface area contributed by atoms with E-state index < -0.39 is 10.8 Å². The van der Waals surface area contributed by atoms with Gasteiger partial charge in [0.25, 0.3) is 0 Å². The molecular formula is C80H54N2. The molecule has 0 aliphatic heterocycles. The van der Waals surface area contributed by atoms with Crippen molar-refractivity contribution < 1.29 is 0 Å². The first kappa shape index (κ1) is 47.5. The quantitative estimate of drug-likeness (QED) is 0.133. The summed E-state index contributed by atoms with van der Waals surface area (Å²) in [6, 6.07) is 121. The highest BCUT2D eigenvalue weighted by Crippen LogP contribution is 2.59. The predicted molar refractivity (Wildman–Crippen MR) is 341 cm³/mol. The van der Waals surface area contributed by atoms with Crippen LogP contribution in [0.1, 0.15) is 44.5 Å². The third-order valence-corrected chi connectivity index (χ3v) is 17.8. The molecule has 1 aromatic heterocycles. The molecule has 2 aliphatic carbocycles. The molecule has 16 rings (SSSR count). The van der Waals surface area contributed by atoms with Crippen LogP contribution in [-0.2, 0) is 10.8 Å². The van der Waals surface area contributed by atoms with Crippen molar-refractivity contribution in [2.24, 2.45) is 0 Å². The van der Waals surface area contributed by atoms with E-state index in [0.29, 0.717) is 0 Å². The minimum Gasteiger partial charge on any atom is -0.310 e. The van der Waals surface area contributed by atoms with E-state index in [1.807, 2.05) is 0 Å². The van der Waals surface area contributed by atoms with Crippen molar-refractivity contribution in [3.63, 3.8) is 0 Å². The molecule has 0 saturated heterocycles. The van der Waals surface area contributed by atoms with Gasteiger partial charge in [0.2, 0.25) is 0 Å². The second kappa shape index (κ2) is 19.1. The Hall–Kier alpha value is -10.5. The van der Waals surface area contributed by atoms with Crippen LogP contribution in [0.4, 0.5) is 17.1 Å². The van der Waals surface area contributed by atoms with Crippen molar-refractivity contribution >= 4 is 38.9 Å². The SMILES string of the molecule is c1ccc(C2(c3ccccc3)c3ccccc3-c3cc(N(c4ccc(-c5ccc(-n6c7ccccc7c7ccccc76)cc5)cc4)c4ccc(-c5ccc6c(c5)C(c5ccccc5)(c5ccccc5)c5ccccc5-6)cc4)ccc32)cc1. The molecule has 0 unspecified atom stereocenters. The molecule has 0 spiro atoms. The number of hydrogen-bond donors (Lipinski definition) is 0. The second-order valence-electron chi connectivity index (χ2n) is 21.9. The minimum atomic E-state index is -0.492. The molecule has 0 saturated carbocycles. The van der Waals surface area contributed by atoms with Crippen molar-refractivity contribution in [2.45, 2.75) is 10.8 Å². The summed E-state index contributed by atoms with van der Waals surface area (Å²) >= 11 is 0. The average molecular weight is 1040 g/mol. The molecule has 0 radical (unpaired) electrons. The zero-order chi connectivity index (χ0) is 54.2. The fourth-order valence-electron chi connectivity index (χ4n) is 14.3. The molecule has 0 N–H and O–H groups in total. The normalized spacial score (nSPS) is 13.3. The molecule has 2 aliphatic rings. The van der Waals surface area contributed by atoms with E-state index in [1.54, 1.807) is 0 Å². The molecule has 13 aromatic carbocycles. The van der Waals surface area contributed by atoms with Crippen LogP contribution in [0.2, 0.25) is 0 Å². The Labute approximate surface area is 478 Å². The third-order valence-electron chi connectivity index (χ3n) is 17.8. The lowest BCUT2D eigenvalue weighted by Gasteiger charge is -2.34. The number of fused-ring (bicyclic) bond motifs is 9. The topological polar surface area (TPSA) is 8.17 Å². The lowest BCUT2D eigenvalue weighted by Crippen LogP contribution is -2.28. The lowest BCUT2D eigenvalue weighted by atomic mass is 9.67. The van der Waals surface area contributed by atoms with Gasteiger partial charge in [-0.3, -0.25) is 0 Å². The zero-order valence-corrected chi connectivity index (χ0v) is 45.1. The maximum atomic E-state index is 2.46. The van der Waals surface area contributed by atoms with Gasteiger partial charge in [0.1, 0.15) is 0 Å². The number of anilines is 3. The molecular weight excluding hydrogens is 989 g/mol. The van der Waals surface area contributed by atoms with Crippen LogP contribution in [0.25, 0.3) is 72.0 Å². The van der Waals surface area contributed by atoms with E-state index in [1.165, 1.54) is 99.7 Å². The van der Waals surface area contributed by atoms with Crippen molar-refractivity contribution in [3.8, 4) is 50.2 Å². The number of hydrogen-bond acceptors (Lipinski definition) is 1. The Morgan fingerprint density at radius 1 is 0.232 bits per heavy atom. The van der Waals surface area contributed by atoms with Gasteiger partial charge in [-0.15, -0.1) is 0 Å². The Kier molecular flexibility index (Phi) is 11.0. The summed E-state index contributed by atoms with van der Waals surface area (Å²) < 4.78 is 2.38. The molecule has 14 aromatic rings. The van der Waals surface area contributed by atoms with E-state index in [-0.39, 0.29) is 0 Å². The number of para-hydroxylation sites is 2. The summed E-state index contributed by atoms with van der Waals surface area (Å²) in [5.74, 6) is 0. The standard InChI is InChI=1S/C80H54N2/c1-5-21-59(22-6-1)79(60-23-7-2-8-24-60)74-34-18-14-30-68(74)72-54-66(50-52-75(72)79)81(63-44-37-55(38-45-63)56-39-48-65(49-40-56)82-77-35-19-15-31-70(77)71-32-16-20-36-78(71)82)64-46-41-57(42-47-64)58-43-51-69-67-29-13-17-33-73(67)80(76(69)53-58,61-25-9-3-10-26-61)62-27-11-4-12-28-62/h1-54H. The van der Waals surface area contributed by atoms with E-state index in [9.17, 15) is 0 Å². The summed E-state index contributed by atoms with van der Waals surface area (Å²) in [5.41, 5.74) is 25.8. The van der Waals surface area contributed by atoms with Crippen LogP contribution in [0, 0.1) is 0 Å². The van der Waals surface area contributed by atoms with Gasteiger partial charge in [0.15, 0.2) is 0 Å². The highest BCUT2D eigenvalue weighted by Gasteiger charge is 2.47. The van der Waals surface area contributed by atoms with Crippen molar-refractivity contribution in [1.82, 2.24) is 4.57 Å². The maximum Gasteiger partial charge on any atom is 0.0713 e. The van der Waals surface area contributed by atoms with Crippen LogP contribution >= 0.6 is 0 Å². The summed E-state index contributed by atoms with van der Waals surface area (Å²) in [7, 11) is 0. The molecule has 2 nitrogen and oxygen atoms in total. The molecule has 384 valence electrons. The Morgan fingerprint density at radius 2 is 0.585 bits per heavy atom. The molecule has 0 amide bonds. The van der Waals surface area contributed by atoms with Gasteiger partial charge in [-0.25, -0.2) is 0 Å². The van der Waals surface area contributed by atoms with Crippen LogP contribution in [-0.4, -0.2) is 4.57 Å². The van der Waals surface area contributed by atoms with Crippen LogP contribution < -0.4 is 4.90 Å². The molecule has 2 heteroatoms. The summed E-state index contributed by atoms with van der Waals surface area (Å²) in [4.78, 5) is 2.43. The van der Waals surface area contributed by atoms with Gasteiger partial charge in [-0.1, -0.05) is 261 Å². The van der Waals surface area contributed by atoms with Gasteiger partial charge in [0.05, 0.1) is 21.9 Å². The average Bonchev–Trinajstić information content (AvgIpc) is 4.37. The first-order chi connectivity index (χ1) is 40.7. The van der Waals surface area contributed by atoms with E-state index in [4.69, 9.17) is 0 Å². The lowest BCUT2D eigenvalue weighted by molar-refractivity contribution is 0.768. The van der Waals surface area contributed by atoms with Gasteiger partial charge >= 0.3 is 0 Å². The molecule has 0 bridgehead atoms. The second-order valence-corrected chi connectivity index (χ2v) is 21.9. The zero-order valence-electron chi connectivity index (χ0n) is 45.1. The smallest absolute Gasteiger partial charge is 0.0713 e. The van der Waals surface area contributed by atoms with Gasteiger partial charge in [0, 0.05) is 33.5 Å². The first-order valence-corrected chi connectivity index (χ1v) is 28.5. The monoisotopic (exact) mass is 1040 g/mol. The number of nitrogens with zero attached hydrogens (tertiary/aromatic N) is 2. The fraction of sp³-hybridized carbons (Fsp3) is 0.0250. The van der Waals surface area contributed by atoms with Crippen LogP contribution in [0.3, 0.4) is 0 Å². The van der Waals surface area contributed by atoms with Crippen molar-refractivity contribution in [3.05, 3.63) is 372 Å². The molecule has 0 atom stereocenters. The van der Waals surface area contributed by atoms with E-state index in [2.05, 4.69) is 337 Å². The summed E-state index contributed by atoms with van der Waals surface area (Å²) in [6.07, 6.45) is 0. The van der Waals surface area contributed by atoms with Crippen molar-refractivity contribution in [1.29, 1.82) is 0 Å². The highest BCUT2D eigenvalue weighted by molar-refractivity contribution is 6.09. The van der Waals surface area contributed by atoms with Gasteiger partial charge in [-0.05, 0) is 156 Å². The third kappa shape index (κ3) is 7.14. The minimum absolute atomic E-state index is 0.480. The fourth-order valence-corrected chi connectivity index (χ4v) is 14.3. The van der Waals surface area contributed by atoms with Gasteiger partial charge in [-0.2, -0.15) is 0 Å². The highest BCUT2D eigenvalue weighted by atomic mass is 15.1. The van der Waals surface area contributed by atoms with E-state index in [0.717, 1.165) is 33.9 Å². The molecule has 82 heavy (non-hydrogen) atoms. The summed E-state index contributed by atoms with van der Waals surface area (Å²) in [6.45, 7) is 0. The Balaban J connectivity index is 0.823. The number of aromatic nitrogens is 1. The molecule has 0 fully saturated rings. The van der Waals surface area contributed by atoms with Crippen LogP contribution in [0.15, 0.2) is 328 Å². The first-order valence-electron chi connectivity index (χ1n) is 28.5. The van der Waals surface area contributed by atoms with E-state index >= 15 is 0 Å². The Morgan fingerprint density at radius 3 is 1.09 bits per heavy atom. The summed E-state index contributed by atoms with van der Waals surface area (Å²) in [5, 5.41) is 2.53. The largest absolute Gasteiger partial charge is 0.310 e. The molecule has 1 heterocycles. The van der Waals surface area contributed by atoms with Gasteiger partial charge < -0.3 is 9.47 Å². The number of rotatable bonds is 10. The maximum absolute atomic E-state index is 2.46. The van der Waals surface area contributed by atoms with Crippen molar-refractivity contribution in [2.75, 3.05) is 4.90 Å². The number of benzene rings is 13. The van der Waals surface area contributed by atoms with Crippen LogP contribution in [0.5, 0.6) is 0 Å². The predicted octanol–water partition coefficient (Wildman–Crippen LogP) is 20.3.